The largest absolute Gasteiger partial charge is 0.492 e. The Morgan fingerprint density at radius 3 is 2.33 bits per heavy atom. The van der Waals surface area contributed by atoms with Crippen molar-refractivity contribution in [2.75, 3.05) is 51.8 Å². The maximum atomic E-state index is 10.3. The standard InChI is InChI=1S/C26H36Cl2N2O3/c1-19(15-27)17-33-25-9-6-21(14-24(25)28)26(2,3)20-4-7-23(8-5-20)32-18-22(31)16-30-12-10-29-11-13-30/h4-9,14,19,22,29,31H,10-13,15-18H2,1-3H3/t19-,22+/m1/s1. The Bertz CT molecular complexity index is 870. The van der Waals surface area contributed by atoms with E-state index in [-0.39, 0.29) is 17.9 Å². The number of nitrogens with one attached hydrogen (secondary N) is 1. The maximum absolute atomic E-state index is 10.3. The lowest BCUT2D eigenvalue weighted by molar-refractivity contribution is 0.0641. The minimum Gasteiger partial charge on any atom is -0.492 e. The summed E-state index contributed by atoms with van der Waals surface area (Å²) in [7, 11) is 0. The molecule has 1 aliphatic rings. The topological polar surface area (TPSA) is 54.0 Å². The second-order valence-electron chi connectivity index (χ2n) is 9.38. The Kier molecular flexibility index (Phi) is 9.71. The summed E-state index contributed by atoms with van der Waals surface area (Å²) in [5.74, 6) is 2.25. The van der Waals surface area contributed by atoms with E-state index in [0.717, 1.165) is 43.1 Å². The van der Waals surface area contributed by atoms with Gasteiger partial charge < -0.3 is 19.9 Å². The third-order valence-electron chi connectivity index (χ3n) is 6.14. The lowest BCUT2D eigenvalue weighted by Crippen LogP contribution is -2.47. The van der Waals surface area contributed by atoms with Gasteiger partial charge in [-0.05, 0) is 35.4 Å². The third-order valence-corrected chi connectivity index (χ3v) is 6.96. The number of alkyl halides is 1. The summed E-state index contributed by atoms with van der Waals surface area (Å²) in [4.78, 5) is 2.26. The van der Waals surface area contributed by atoms with Gasteiger partial charge in [0.05, 0.1) is 11.6 Å². The molecule has 7 heteroatoms. The number of nitrogens with zero attached hydrogens (tertiary/aromatic N) is 1. The number of ether oxygens (including phenoxy) is 2. The van der Waals surface area contributed by atoms with Gasteiger partial charge in [-0.25, -0.2) is 0 Å². The predicted octanol–water partition coefficient (Wildman–Crippen LogP) is 4.56. The van der Waals surface area contributed by atoms with Crippen LogP contribution in [0, 0.1) is 5.92 Å². The summed E-state index contributed by atoms with van der Waals surface area (Å²) in [6.45, 7) is 11.7. The van der Waals surface area contributed by atoms with Crippen LogP contribution in [0.25, 0.3) is 0 Å². The molecule has 1 aliphatic heterocycles. The van der Waals surface area contributed by atoms with Crippen LogP contribution in [0.5, 0.6) is 11.5 Å². The first-order valence-corrected chi connectivity index (χ1v) is 12.5. The molecule has 2 aromatic carbocycles. The van der Waals surface area contributed by atoms with Gasteiger partial charge in [0, 0.05) is 49.9 Å². The fourth-order valence-electron chi connectivity index (χ4n) is 3.85. The number of piperazine rings is 1. The van der Waals surface area contributed by atoms with Gasteiger partial charge in [0.1, 0.15) is 24.2 Å². The smallest absolute Gasteiger partial charge is 0.137 e. The first-order chi connectivity index (χ1) is 15.8. The normalized spacial score (nSPS) is 16.9. The predicted molar refractivity (Wildman–Crippen MR) is 136 cm³/mol. The van der Waals surface area contributed by atoms with E-state index in [2.05, 4.69) is 42.3 Å². The van der Waals surface area contributed by atoms with Crippen molar-refractivity contribution in [1.82, 2.24) is 10.2 Å². The summed E-state index contributed by atoms with van der Waals surface area (Å²) < 4.78 is 11.6. The molecular formula is C26H36Cl2N2O3. The van der Waals surface area contributed by atoms with Gasteiger partial charge in [-0.15, -0.1) is 11.6 Å². The van der Waals surface area contributed by atoms with Gasteiger partial charge in [0.2, 0.25) is 0 Å². The minimum absolute atomic E-state index is 0.244. The number of rotatable bonds is 11. The highest BCUT2D eigenvalue weighted by Gasteiger charge is 2.24. The molecule has 33 heavy (non-hydrogen) atoms. The fourth-order valence-corrected chi connectivity index (χ4v) is 4.18. The molecule has 182 valence electrons. The summed E-state index contributed by atoms with van der Waals surface area (Å²) in [5.41, 5.74) is 2.01. The molecule has 0 aliphatic carbocycles. The van der Waals surface area contributed by atoms with Crippen LogP contribution in [0.1, 0.15) is 31.9 Å². The van der Waals surface area contributed by atoms with E-state index in [1.807, 2.05) is 31.2 Å². The van der Waals surface area contributed by atoms with Crippen LogP contribution < -0.4 is 14.8 Å². The Morgan fingerprint density at radius 2 is 1.70 bits per heavy atom. The van der Waals surface area contributed by atoms with Gasteiger partial charge >= 0.3 is 0 Å². The quantitative estimate of drug-likeness (QED) is 0.448. The zero-order chi connectivity index (χ0) is 23.8. The van der Waals surface area contributed by atoms with Crippen molar-refractivity contribution in [3.63, 3.8) is 0 Å². The van der Waals surface area contributed by atoms with E-state index in [1.165, 1.54) is 0 Å². The lowest BCUT2D eigenvalue weighted by atomic mass is 9.78. The maximum Gasteiger partial charge on any atom is 0.137 e. The second kappa shape index (κ2) is 12.3. The van der Waals surface area contributed by atoms with Crippen molar-refractivity contribution < 1.29 is 14.6 Å². The second-order valence-corrected chi connectivity index (χ2v) is 10.1. The molecule has 0 radical (unpaired) electrons. The molecule has 5 nitrogen and oxygen atoms in total. The van der Waals surface area contributed by atoms with Gasteiger partial charge in [-0.3, -0.25) is 4.90 Å². The molecule has 0 saturated carbocycles. The highest BCUT2D eigenvalue weighted by atomic mass is 35.5. The van der Waals surface area contributed by atoms with Crippen LogP contribution in [-0.4, -0.2) is 67.9 Å². The summed E-state index contributed by atoms with van der Waals surface area (Å²) in [5, 5.41) is 14.2. The molecule has 0 bridgehead atoms. The number of β-amino-alcohol motifs (C(OH)–C–C–N with tert-alkyl or cyclic N) is 1. The zero-order valence-corrected chi connectivity index (χ0v) is 21.3. The van der Waals surface area contributed by atoms with Crippen molar-refractivity contribution >= 4 is 23.2 Å². The van der Waals surface area contributed by atoms with E-state index >= 15 is 0 Å². The van der Waals surface area contributed by atoms with Crippen molar-refractivity contribution in [1.29, 1.82) is 0 Å². The molecule has 1 saturated heterocycles. The Morgan fingerprint density at radius 1 is 1.03 bits per heavy atom. The van der Waals surface area contributed by atoms with Crippen LogP contribution in [0.4, 0.5) is 0 Å². The van der Waals surface area contributed by atoms with Gasteiger partial charge in [-0.1, -0.05) is 50.6 Å². The lowest BCUT2D eigenvalue weighted by Gasteiger charge is -2.29. The van der Waals surface area contributed by atoms with E-state index in [4.69, 9.17) is 32.7 Å². The van der Waals surface area contributed by atoms with Crippen molar-refractivity contribution in [3.8, 4) is 11.5 Å². The molecule has 1 heterocycles. The van der Waals surface area contributed by atoms with E-state index < -0.39 is 6.10 Å². The Labute approximate surface area is 208 Å². The molecule has 1 fully saturated rings. The Balaban J connectivity index is 1.57. The fraction of sp³-hybridized carbons (Fsp3) is 0.538. The molecule has 2 aromatic rings. The average Bonchev–Trinajstić information content (AvgIpc) is 2.82. The number of aliphatic hydroxyl groups is 1. The van der Waals surface area contributed by atoms with Crippen molar-refractivity contribution in [3.05, 3.63) is 58.6 Å². The van der Waals surface area contributed by atoms with E-state index in [0.29, 0.717) is 29.8 Å². The van der Waals surface area contributed by atoms with Crippen LogP contribution in [0.15, 0.2) is 42.5 Å². The number of benzene rings is 2. The molecule has 0 amide bonds. The van der Waals surface area contributed by atoms with Crippen molar-refractivity contribution in [2.24, 2.45) is 5.92 Å². The first kappa shape index (κ1) is 26.1. The number of hydrogen-bond donors (Lipinski definition) is 2. The number of aliphatic hydroxyl groups excluding tert-OH is 1. The minimum atomic E-state index is -0.505. The summed E-state index contributed by atoms with van der Waals surface area (Å²) in [6, 6.07) is 14.0. The molecule has 0 unspecified atom stereocenters. The summed E-state index contributed by atoms with van der Waals surface area (Å²) in [6.07, 6.45) is -0.505. The molecule has 3 rings (SSSR count). The van der Waals surface area contributed by atoms with Crippen LogP contribution in [0.2, 0.25) is 5.02 Å². The molecular weight excluding hydrogens is 459 g/mol. The Hall–Kier alpha value is -1.50. The van der Waals surface area contributed by atoms with Gasteiger partial charge in [-0.2, -0.15) is 0 Å². The molecule has 2 atom stereocenters. The van der Waals surface area contributed by atoms with E-state index in [9.17, 15) is 5.11 Å². The van der Waals surface area contributed by atoms with E-state index in [1.54, 1.807) is 0 Å². The molecule has 2 N–H and O–H groups in total. The third kappa shape index (κ3) is 7.49. The highest BCUT2D eigenvalue weighted by molar-refractivity contribution is 6.32. The van der Waals surface area contributed by atoms with Gasteiger partial charge in [0.15, 0.2) is 0 Å². The van der Waals surface area contributed by atoms with Crippen LogP contribution >= 0.6 is 23.2 Å². The van der Waals surface area contributed by atoms with Gasteiger partial charge in [0.25, 0.3) is 0 Å². The summed E-state index contributed by atoms with van der Waals surface area (Å²) >= 11 is 12.4. The first-order valence-electron chi connectivity index (χ1n) is 11.6. The molecule has 0 spiro atoms. The highest BCUT2D eigenvalue weighted by Crippen LogP contribution is 2.36. The van der Waals surface area contributed by atoms with Crippen LogP contribution in [-0.2, 0) is 5.41 Å². The SMILES string of the molecule is C[C@H](CCl)COc1ccc(C(C)(C)c2ccc(OC[C@@H](O)CN3CCNCC3)cc2)cc1Cl. The zero-order valence-electron chi connectivity index (χ0n) is 19.8. The van der Waals surface area contributed by atoms with Crippen LogP contribution in [0.3, 0.4) is 0 Å². The monoisotopic (exact) mass is 494 g/mol. The average molecular weight is 495 g/mol. The number of halogens is 2. The molecule has 0 aromatic heterocycles. The number of hydrogen-bond acceptors (Lipinski definition) is 5. The van der Waals surface area contributed by atoms with Crippen molar-refractivity contribution in [2.45, 2.75) is 32.3 Å².